The van der Waals surface area contributed by atoms with Crippen molar-refractivity contribution in [1.82, 2.24) is 10.4 Å². The summed E-state index contributed by atoms with van der Waals surface area (Å²) < 4.78 is 0. The van der Waals surface area contributed by atoms with Crippen molar-refractivity contribution in [2.45, 2.75) is 12.5 Å². The lowest BCUT2D eigenvalue weighted by Crippen LogP contribution is -2.50. The summed E-state index contributed by atoms with van der Waals surface area (Å²) in [6.07, 6.45) is 4.90. The molecule has 0 saturated heterocycles. The van der Waals surface area contributed by atoms with E-state index in [2.05, 4.69) is 10.4 Å². The zero-order chi connectivity index (χ0) is 10.9. The predicted molar refractivity (Wildman–Crippen MR) is 55.0 cm³/mol. The molecule has 0 bridgehead atoms. The summed E-state index contributed by atoms with van der Waals surface area (Å²) in [5.74, 6) is -0.254. The molecular formula is C10H11N3O2. The Morgan fingerprint density at radius 1 is 1.60 bits per heavy atom. The Morgan fingerprint density at radius 2 is 2.40 bits per heavy atom. The molecule has 1 aliphatic heterocycles. The Kier molecular flexibility index (Phi) is 2.17. The second-order valence-corrected chi connectivity index (χ2v) is 3.49. The second kappa shape index (κ2) is 3.36. The third-order valence-corrected chi connectivity index (χ3v) is 2.25. The second-order valence-electron chi connectivity index (χ2n) is 3.49. The van der Waals surface area contributed by atoms with Crippen molar-refractivity contribution >= 4 is 11.8 Å². The highest BCUT2D eigenvalue weighted by Crippen LogP contribution is 2.19. The number of carboxylic acids is 1. The van der Waals surface area contributed by atoms with Gasteiger partial charge in [0.05, 0.1) is 0 Å². The Bertz CT molecular complexity index is 404. The number of carboxylic acid groups (broad SMARTS) is 1. The first-order valence-electron chi connectivity index (χ1n) is 4.53. The monoisotopic (exact) mass is 205 g/mol. The van der Waals surface area contributed by atoms with Gasteiger partial charge in [-0.15, -0.1) is 0 Å². The average molecular weight is 205 g/mol. The first-order chi connectivity index (χ1) is 7.12. The number of hydrazine groups is 1. The van der Waals surface area contributed by atoms with Gasteiger partial charge in [0.25, 0.3) is 0 Å². The van der Waals surface area contributed by atoms with E-state index in [0.29, 0.717) is 5.82 Å². The Balaban J connectivity index is 2.19. The van der Waals surface area contributed by atoms with Crippen molar-refractivity contribution in [2.75, 3.05) is 5.01 Å². The number of aliphatic carboxylic acids is 1. The van der Waals surface area contributed by atoms with Crippen LogP contribution in [0.5, 0.6) is 0 Å². The van der Waals surface area contributed by atoms with E-state index in [1.54, 1.807) is 42.5 Å². The first-order valence-corrected chi connectivity index (χ1v) is 4.53. The summed E-state index contributed by atoms with van der Waals surface area (Å²) in [6, 6.07) is 5.44. The molecule has 1 aromatic rings. The van der Waals surface area contributed by atoms with Crippen LogP contribution in [0.15, 0.2) is 36.7 Å². The van der Waals surface area contributed by atoms with E-state index in [-0.39, 0.29) is 0 Å². The van der Waals surface area contributed by atoms with E-state index in [9.17, 15) is 4.79 Å². The maximum absolute atomic E-state index is 10.9. The molecular weight excluding hydrogens is 194 g/mol. The van der Waals surface area contributed by atoms with Crippen LogP contribution >= 0.6 is 0 Å². The number of nitrogens with zero attached hydrogens (tertiary/aromatic N) is 2. The van der Waals surface area contributed by atoms with Gasteiger partial charge in [-0.25, -0.2) is 15.2 Å². The van der Waals surface area contributed by atoms with Crippen LogP contribution in [0.4, 0.5) is 5.82 Å². The van der Waals surface area contributed by atoms with Crippen molar-refractivity contribution in [3.63, 3.8) is 0 Å². The highest BCUT2D eigenvalue weighted by Gasteiger charge is 2.36. The summed E-state index contributed by atoms with van der Waals surface area (Å²) in [5.41, 5.74) is 1.79. The predicted octanol–water partition coefficient (Wildman–Crippen LogP) is 0.763. The highest BCUT2D eigenvalue weighted by atomic mass is 16.4. The molecule has 1 unspecified atom stereocenters. The van der Waals surface area contributed by atoms with Gasteiger partial charge in [0.1, 0.15) is 5.82 Å². The number of anilines is 1. The van der Waals surface area contributed by atoms with Crippen LogP contribution in [0.2, 0.25) is 0 Å². The Hall–Kier alpha value is -1.88. The van der Waals surface area contributed by atoms with Gasteiger partial charge >= 0.3 is 5.97 Å². The lowest BCUT2D eigenvalue weighted by Gasteiger charge is -2.22. The molecule has 0 aliphatic carbocycles. The largest absolute Gasteiger partial charge is 0.480 e. The molecule has 1 aromatic heterocycles. The van der Waals surface area contributed by atoms with Crippen LogP contribution in [0.3, 0.4) is 0 Å². The Labute approximate surface area is 87.0 Å². The van der Waals surface area contributed by atoms with Gasteiger partial charge in [0, 0.05) is 12.4 Å². The SMILES string of the molecule is CC1(C(=O)O)C=CN(c2ccccn2)N1. The fourth-order valence-corrected chi connectivity index (χ4v) is 1.30. The van der Waals surface area contributed by atoms with Gasteiger partial charge in [-0.05, 0) is 25.1 Å². The molecule has 0 amide bonds. The van der Waals surface area contributed by atoms with Gasteiger partial charge in [0.2, 0.25) is 0 Å². The lowest BCUT2D eigenvalue weighted by molar-refractivity contribution is -0.141. The van der Waals surface area contributed by atoms with Crippen LogP contribution in [0, 0.1) is 0 Å². The normalized spacial score (nSPS) is 24.5. The van der Waals surface area contributed by atoms with E-state index in [0.717, 1.165) is 0 Å². The standard InChI is InChI=1S/C10H11N3O2/c1-10(9(14)15)5-7-13(12-10)8-4-2-3-6-11-8/h2-7,12H,1H3,(H,14,15). The average Bonchev–Trinajstić information content (AvgIpc) is 2.64. The highest BCUT2D eigenvalue weighted by molar-refractivity contribution is 5.82. The smallest absolute Gasteiger partial charge is 0.329 e. The number of nitrogens with one attached hydrogen (secondary N) is 1. The van der Waals surface area contributed by atoms with Crippen molar-refractivity contribution in [3.8, 4) is 0 Å². The zero-order valence-electron chi connectivity index (χ0n) is 8.21. The summed E-state index contributed by atoms with van der Waals surface area (Å²) >= 11 is 0. The minimum absolute atomic E-state index is 0.665. The minimum Gasteiger partial charge on any atom is -0.480 e. The van der Waals surface area contributed by atoms with Gasteiger partial charge in [-0.2, -0.15) is 0 Å². The number of rotatable bonds is 2. The van der Waals surface area contributed by atoms with Crippen LogP contribution in [0.25, 0.3) is 0 Å². The van der Waals surface area contributed by atoms with Crippen LogP contribution in [0.1, 0.15) is 6.92 Å². The Morgan fingerprint density at radius 3 is 2.93 bits per heavy atom. The topological polar surface area (TPSA) is 65.5 Å². The molecule has 2 N–H and O–H groups in total. The molecule has 0 aromatic carbocycles. The van der Waals surface area contributed by atoms with E-state index >= 15 is 0 Å². The summed E-state index contributed by atoms with van der Waals surface area (Å²) in [4.78, 5) is 15.0. The molecule has 2 rings (SSSR count). The van der Waals surface area contributed by atoms with Gasteiger partial charge < -0.3 is 5.11 Å². The minimum atomic E-state index is -1.06. The van der Waals surface area contributed by atoms with E-state index in [1.807, 2.05) is 6.07 Å². The van der Waals surface area contributed by atoms with Crippen LogP contribution in [-0.4, -0.2) is 21.6 Å². The quantitative estimate of drug-likeness (QED) is 0.746. The third-order valence-electron chi connectivity index (χ3n) is 2.25. The van der Waals surface area contributed by atoms with Crippen molar-refractivity contribution < 1.29 is 9.90 Å². The molecule has 15 heavy (non-hydrogen) atoms. The molecule has 5 nitrogen and oxygen atoms in total. The zero-order valence-corrected chi connectivity index (χ0v) is 8.21. The van der Waals surface area contributed by atoms with Crippen molar-refractivity contribution in [3.05, 3.63) is 36.7 Å². The number of hydrogen-bond acceptors (Lipinski definition) is 4. The van der Waals surface area contributed by atoms with Crippen LogP contribution < -0.4 is 10.4 Å². The molecule has 78 valence electrons. The fraction of sp³-hybridized carbons (Fsp3) is 0.200. The molecule has 1 atom stereocenters. The number of pyridine rings is 1. The number of hydrogen-bond donors (Lipinski definition) is 2. The number of aromatic nitrogens is 1. The van der Waals surface area contributed by atoms with Crippen LogP contribution in [-0.2, 0) is 4.79 Å². The summed E-state index contributed by atoms with van der Waals surface area (Å²) in [5, 5.41) is 10.6. The van der Waals surface area contributed by atoms with E-state index in [4.69, 9.17) is 5.11 Å². The van der Waals surface area contributed by atoms with Gasteiger partial charge in [-0.3, -0.25) is 5.01 Å². The molecule has 1 aliphatic rings. The maximum atomic E-state index is 10.9. The first kappa shape index (κ1) is 9.67. The van der Waals surface area contributed by atoms with E-state index < -0.39 is 11.5 Å². The van der Waals surface area contributed by atoms with E-state index in [1.165, 1.54) is 0 Å². The lowest BCUT2D eigenvalue weighted by atomic mass is 10.1. The number of carbonyl (C=O) groups is 1. The van der Waals surface area contributed by atoms with Gasteiger partial charge in [0.15, 0.2) is 5.54 Å². The van der Waals surface area contributed by atoms with Gasteiger partial charge in [-0.1, -0.05) is 6.07 Å². The molecule has 0 fully saturated rings. The molecule has 5 heteroatoms. The fourth-order valence-electron chi connectivity index (χ4n) is 1.30. The molecule has 0 radical (unpaired) electrons. The molecule has 0 saturated carbocycles. The summed E-state index contributed by atoms with van der Waals surface area (Å²) in [6.45, 7) is 1.59. The molecule has 2 heterocycles. The van der Waals surface area contributed by atoms with Crippen molar-refractivity contribution in [1.29, 1.82) is 0 Å². The molecule has 0 spiro atoms. The summed E-state index contributed by atoms with van der Waals surface area (Å²) in [7, 11) is 0. The van der Waals surface area contributed by atoms with Crippen molar-refractivity contribution in [2.24, 2.45) is 0 Å². The third kappa shape index (κ3) is 1.69. The maximum Gasteiger partial charge on any atom is 0.329 e.